The number of halogens is 2. The van der Waals surface area contributed by atoms with Crippen LogP contribution >= 0.6 is 23.4 Å². The maximum absolute atomic E-state index is 10.7. The summed E-state index contributed by atoms with van der Waals surface area (Å²) in [5.74, 6) is 0.772. The summed E-state index contributed by atoms with van der Waals surface area (Å²) in [6, 6.07) is 0. The van der Waals surface area contributed by atoms with Crippen LogP contribution in [0.2, 0.25) is 0 Å². The molecule has 0 aromatic carbocycles. The fourth-order valence-electron chi connectivity index (χ4n) is 0.842. The lowest BCUT2D eigenvalue weighted by Gasteiger charge is -2.02. The third kappa shape index (κ3) is 1.49. The van der Waals surface area contributed by atoms with Crippen molar-refractivity contribution in [2.75, 3.05) is 12.4 Å². The first kappa shape index (κ1) is 7.16. The Morgan fingerprint density at radius 2 is 2.44 bits per heavy atom. The van der Waals surface area contributed by atoms with Crippen molar-refractivity contribution in [2.24, 2.45) is 5.92 Å². The number of amides is 1. The minimum Gasteiger partial charge on any atom is -0.274 e. The van der Waals surface area contributed by atoms with Gasteiger partial charge in [-0.3, -0.25) is 9.21 Å². The van der Waals surface area contributed by atoms with Crippen molar-refractivity contribution < 1.29 is 4.79 Å². The van der Waals surface area contributed by atoms with E-state index in [4.69, 9.17) is 23.4 Å². The highest BCUT2D eigenvalue weighted by Crippen LogP contribution is 2.19. The number of carbonyl (C=O) groups is 1. The van der Waals surface area contributed by atoms with Crippen LogP contribution in [0.4, 0.5) is 0 Å². The van der Waals surface area contributed by atoms with Gasteiger partial charge in [0.25, 0.3) is 0 Å². The number of rotatable bonds is 1. The first-order valence-corrected chi connectivity index (χ1v) is 3.63. The predicted molar refractivity (Wildman–Crippen MR) is 36.4 cm³/mol. The average molecular weight is 168 g/mol. The Morgan fingerprint density at radius 3 is 2.67 bits per heavy atom. The molecule has 0 aliphatic carbocycles. The molecule has 0 bridgehead atoms. The zero-order chi connectivity index (χ0) is 6.85. The normalized spacial score (nSPS) is 27.6. The van der Waals surface area contributed by atoms with Gasteiger partial charge in [0, 0.05) is 36.5 Å². The predicted octanol–water partition coefficient (Wildman–Crippen LogP) is 1.23. The summed E-state index contributed by atoms with van der Waals surface area (Å²) in [7, 11) is 0. The molecule has 1 amide bonds. The Balaban J connectivity index is 2.44. The average Bonchev–Trinajstić information content (AvgIpc) is 2.13. The summed E-state index contributed by atoms with van der Waals surface area (Å²) in [6.07, 6.45) is 0.507. The fraction of sp³-hybridized carbons (Fsp3) is 0.800. The summed E-state index contributed by atoms with van der Waals surface area (Å²) >= 11 is 11.0. The molecule has 1 heterocycles. The van der Waals surface area contributed by atoms with E-state index < -0.39 is 0 Å². The van der Waals surface area contributed by atoms with Crippen molar-refractivity contribution in [3.05, 3.63) is 0 Å². The smallest absolute Gasteiger partial charge is 0.237 e. The summed E-state index contributed by atoms with van der Waals surface area (Å²) in [6.45, 7) is 0.601. The van der Waals surface area contributed by atoms with Gasteiger partial charge in [0.05, 0.1) is 0 Å². The van der Waals surface area contributed by atoms with Crippen LogP contribution in [0.5, 0.6) is 0 Å². The molecule has 0 spiro atoms. The molecule has 1 rings (SSSR count). The van der Waals surface area contributed by atoms with Crippen LogP contribution in [0.15, 0.2) is 0 Å². The Kier molecular flexibility index (Phi) is 2.19. The lowest BCUT2D eigenvalue weighted by Crippen LogP contribution is -2.12. The first-order chi connectivity index (χ1) is 4.24. The van der Waals surface area contributed by atoms with Gasteiger partial charge in [-0.15, -0.1) is 11.6 Å². The third-order valence-electron chi connectivity index (χ3n) is 1.37. The van der Waals surface area contributed by atoms with Gasteiger partial charge in [-0.2, -0.15) is 0 Å². The number of hydrogen-bond donors (Lipinski definition) is 0. The number of hydrogen-bond acceptors (Lipinski definition) is 1. The zero-order valence-corrected chi connectivity index (χ0v) is 6.32. The molecule has 0 radical (unpaired) electrons. The molecule has 0 N–H and O–H groups in total. The molecular weight excluding hydrogens is 161 g/mol. The highest BCUT2D eigenvalue weighted by Gasteiger charge is 2.27. The SMILES string of the molecule is O=C1CC(CCl)CN1Cl. The minimum atomic E-state index is -0.0117. The molecule has 52 valence electrons. The second kappa shape index (κ2) is 2.76. The molecule has 1 saturated heterocycles. The lowest BCUT2D eigenvalue weighted by atomic mass is 10.2. The van der Waals surface area contributed by atoms with Gasteiger partial charge in [-0.25, -0.2) is 0 Å². The van der Waals surface area contributed by atoms with Gasteiger partial charge < -0.3 is 0 Å². The standard InChI is InChI=1S/C5H7Cl2NO/c6-2-4-1-5(9)8(7)3-4/h4H,1-3H2. The molecule has 1 aliphatic rings. The van der Waals surface area contributed by atoms with E-state index in [1.54, 1.807) is 0 Å². The van der Waals surface area contributed by atoms with Crippen LogP contribution in [0.3, 0.4) is 0 Å². The van der Waals surface area contributed by atoms with Gasteiger partial charge in [0.15, 0.2) is 0 Å². The van der Waals surface area contributed by atoms with Crippen LogP contribution in [-0.2, 0) is 4.79 Å². The van der Waals surface area contributed by atoms with E-state index in [2.05, 4.69) is 0 Å². The van der Waals surface area contributed by atoms with E-state index in [-0.39, 0.29) is 11.8 Å². The van der Waals surface area contributed by atoms with E-state index in [1.807, 2.05) is 0 Å². The van der Waals surface area contributed by atoms with Crippen LogP contribution < -0.4 is 0 Å². The molecule has 4 heteroatoms. The summed E-state index contributed by atoms with van der Waals surface area (Å²) < 4.78 is 1.20. The molecule has 2 nitrogen and oxygen atoms in total. The summed E-state index contributed by atoms with van der Waals surface area (Å²) in [5.41, 5.74) is 0. The van der Waals surface area contributed by atoms with E-state index in [9.17, 15) is 4.79 Å². The molecule has 9 heavy (non-hydrogen) atoms. The number of nitrogens with zero attached hydrogens (tertiary/aromatic N) is 1. The Labute approximate surface area is 63.8 Å². The van der Waals surface area contributed by atoms with Crippen molar-refractivity contribution in [3.8, 4) is 0 Å². The Morgan fingerprint density at radius 1 is 1.78 bits per heavy atom. The highest BCUT2D eigenvalue weighted by molar-refractivity contribution is 6.22. The zero-order valence-electron chi connectivity index (χ0n) is 4.81. The quantitative estimate of drug-likeness (QED) is 0.425. The first-order valence-electron chi connectivity index (χ1n) is 2.76. The van der Waals surface area contributed by atoms with Crippen molar-refractivity contribution >= 4 is 29.3 Å². The topological polar surface area (TPSA) is 20.3 Å². The lowest BCUT2D eigenvalue weighted by molar-refractivity contribution is -0.123. The molecule has 1 unspecified atom stereocenters. The molecule has 0 aromatic heterocycles. The number of alkyl halides is 1. The minimum absolute atomic E-state index is 0.0117. The summed E-state index contributed by atoms with van der Waals surface area (Å²) in [5, 5.41) is 0. The second-order valence-electron chi connectivity index (χ2n) is 2.16. The van der Waals surface area contributed by atoms with E-state index in [1.165, 1.54) is 4.42 Å². The maximum atomic E-state index is 10.7. The van der Waals surface area contributed by atoms with E-state index >= 15 is 0 Å². The summed E-state index contributed by atoms with van der Waals surface area (Å²) in [4.78, 5) is 10.7. The third-order valence-corrected chi connectivity index (χ3v) is 2.13. The van der Waals surface area contributed by atoms with Crippen molar-refractivity contribution in [1.82, 2.24) is 4.42 Å². The second-order valence-corrected chi connectivity index (χ2v) is 2.88. The Bertz CT molecular complexity index is 128. The number of carbonyl (C=O) groups excluding carboxylic acids is 1. The van der Waals surface area contributed by atoms with Gasteiger partial charge in [-0.1, -0.05) is 0 Å². The molecular formula is C5H7Cl2NO. The Hall–Kier alpha value is 0.0500. The van der Waals surface area contributed by atoms with Crippen molar-refractivity contribution in [1.29, 1.82) is 0 Å². The van der Waals surface area contributed by atoms with Crippen LogP contribution in [0, 0.1) is 5.92 Å². The largest absolute Gasteiger partial charge is 0.274 e. The maximum Gasteiger partial charge on any atom is 0.237 e. The van der Waals surface area contributed by atoms with Crippen LogP contribution in [0.25, 0.3) is 0 Å². The van der Waals surface area contributed by atoms with E-state index in [0.717, 1.165) is 0 Å². The molecule has 0 saturated carbocycles. The van der Waals surface area contributed by atoms with Crippen molar-refractivity contribution in [2.45, 2.75) is 6.42 Å². The fourth-order valence-corrected chi connectivity index (χ4v) is 1.31. The van der Waals surface area contributed by atoms with Crippen LogP contribution in [0.1, 0.15) is 6.42 Å². The van der Waals surface area contributed by atoms with Gasteiger partial charge in [0.2, 0.25) is 5.91 Å². The molecule has 1 atom stereocenters. The van der Waals surface area contributed by atoms with Gasteiger partial charge >= 0.3 is 0 Å². The molecule has 0 aromatic rings. The molecule has 1 aliphatic heterocycles. The monoisotopic (exact) mass is 167 g/mol. The van der Waals surface area contributed by atoms with Crippen molar-refractivity contribution in [3.63, 3.8) is 0 Å². The van der Waals surface area contributed by atoms with Crippen LogP contribution in [-0.4, -0.2) is 22.8 Å². The molecule has 1 fully saturated rings. The highest BCUT2D eigenvalue weighted by atomic mass is 35.5. The van der Waals surface area contributed by atoms with Gasteiger partial charge in [-0.05, 0) is 0 Å². The van der Waals surface area contributed by atoms with E-state index in [0.29, 0.717) is 18.8 Å². The van der Waals surface area contributed by atoms with Gasteiger partial charge in [0.1, 0.15) is 0 Å².